The quantitative estimate of drug-likeness (QED) is 0.422. The SMILES string of the molecule is C=S1(=O)c2cc3c(cc2[N]([Pb])C[C@@H](CCCC)N1C)OCc1ccnn1-3. The molecule has 0 saturated carbocycles. The van der Waals surface area contributed by atoms with Gasteiger partial charge in [-0.15, -0.1) is 0 Å². The van der Waals surface area contributed by atoms with Crippen LogP contribution in [0.15, 0.2) is 29.3 Å². The maximum atomic E-state index is 13.8. The number of likely N-dealkylation sites (N-methyl/N-ethyl adjacent to an activating group) is 1. The number of hydrogen-bond acceptors (Lipinski definition) is 4. The number of anilines is 1. The third-order valence-electron chi connectivity index (χ3n) is 5.26. The van der Waals surface area contributed by atoms with E-state index in [1.54, 1.807) is 6.20 Å². The minimum atomic E-state index is -2.57. The predicted octanol–water partition coefficient (Wildman–Crippen LogP) is 2.15. The van der Waals surface area contributed by atoms with E-state index in [0.29, 0.717) is 6.61 Å². The Bertz CT molecular complexity index is 941. The fourth-order valence-electron chi connectivity index (χ4n) is 3.63. The van der Waals surface area contributed by atoms with Crippen LogP contribution in [0.1, 0.15) is 31.9 Å². The number of hydrogen-bond donors (Lipinski definition) is 0. The van der Waals surface area contributed by atoms with Crippen molar-refractivity contribution in [2.75, 3.05) is 16.3 Å². The standard InChI is InChI=1S/C18H23N4O2S.Pb/c1-4-5-6-13-11-19-15-9-17-16(10-18(15)25(3,23)21(13)2)22-14(12-24-17)7-8-20-22;/h7-10,13H,3-6,11-12H2,1-2H3;/q-1;+1/t13-,25?;/m1./s1. The molecule has 8 heteroatoms. The summed E-state index contributed by atoms with van der Waals surface area (Å²) in [5.41, 5.74) is 2.84. The van der Waals surface area contributed by atoms with Crippen molar-refractivity contribution in [3.63, 3.8) is 0 Å². The summed E-state index contributed by atoms with van der Waals surface area (Å²) in [4.78, 5) is 0.791. The molecule has 2 aliphatic heterocycles. The average molecular weight is 567 g/mol. The second-order valence-corrected chi connectivity index (χ2v) is 11.3. The predicted molar refractivity (Wildman–Crippen MR) is 106 cm³/mol. The first-order valence-electron chi connectivity index (χ1n) is 8.86. The molecule has 1 aromatic carbocycles. The topological polar surface area (TPSA) is 50.6 Å². The van der Waals surface area contributed by atoms with Crippen molar-refractivity contribution in [3.05, 3.63) is 30.1 Å². The molecule has 26 heavy (non-hydrogen) atoms. The average Bonchev–Trinajstić information content (AvgIpc) is 3.10. The summed E-state index contributed by atoms with van der Waals surface area (Å²) in [5.74, 6) is 4.97. The minimum absolute atomic E-state index is 0.239. The van der Waals surface area contributed by atoms with E-state index in [9.17, 15) is 4.21 Å². The molecular formula is C18H23N4O2PbS. The summed E-state index contributed by atoms with van der Waals surface area (Å²) in [6, 6.07) is 6.19. The fraction of sp³-hybridized carbons (Fsp3) is 0.444. The summed E-state index contributed by atoms with van der Waals surface area (Å²) < 4.78 is 25.9. The van der Waals surface area contributed by atoms with Crippen molar-refractivity contribution in [2.45, 2.75) is 43.7 Å². The first kappa shape index (κ1) is 18.3. The molecule has 6 nitrogen and oxygen atoms in total. The van der Waals surface area contributed by atoms with Crippen LogP contribution < -0.4 is 7.45 Å². The van der Waals surface area contributed by atoms with E-state index < -0.39 is 9.71 Å². The van der Waals surface area contributed by atoms with Crippen LogP contribution in [0.5, 0.6) is 5.75 Å². The van der Waals surface area contributed by atoms with E-state index >= 15 is 0 Å². The zero-order valence-corrected chi connectivity index (χ0v) is 19.8. The van der Waals surface area contributed by atoms with Crippen molar-refractivity contribution in [2.24, 2.45) is 0 Å². The van der Waals surface area contributed by atoms with Gasteiger partial charge in [-0.05, 0) is 0 Å². The van der Waals surface area contributed by atoms with Crippen LogP contribution in [0.4, 0.5) is 5.69 Å². The summed E-state index contributed by atoms with van der Waals surface area (Å²) in [7, 11) is -0.618. The Morgan fingerprint density at radius 2 is 2.23 bits per heavy atom. The molecule has 1 aromatic heterocycles. The number of benzene rings is 1. The van der Waals surface area contributed by atoms with Gasteiger partial charge in [-0.1, -0.05) is 0 Å². The molecular weight excluding hydrogens is 543 g/mol. The molecule has 2 atom stereocenters. The van der Waals surface area contributed by atoms with Gasteiger partial charge in [-0.2, -0.15) is 0 Å². The molecule has 137 valence electrons. The molecule has 0 amide bonds. The summed E-state index contributed by atoms with van der Waals surface area (Å²) in [6.45, 7) is 3.58. The van der Waals surface area contributed by atoms with Crippen molar-refractivity contribution >= 4 is 47.3 Å². The van der Waals surface area contributed by atoms with Gasteiger partial charge in [0, 0.05) is 0 Å². The molecule has 0 aliphatic carbocycles. The Morgan fingerprint density at radius 1 is 1.42 bits per heavy atom. The van der Waals surface area contributed by atoms with Crippen LogP contribution in [-0.2, 0) is 16.3 Å². The van der Waals surface area contributed by atoms with Crippen LogP contribution in [0, 0.1) is 0 Å². The van der Waals surface area contributed by atoms with E-state index in [1.807, 2.05) is 34.2 Å². The molecule has 0 spiro atoms. The number of aromatic nitrogens is 2. The van der Waals surface area contributed by atoms with Crippen LogP contribution in [-0.4, -0.2) is 69.9 Å². The molecule has 0 saturated heterocycles. The van der Waals surface area contributed by atoms with Crippen molar-refractivity contribution in [1.29, 1.82) is 0 Å². The van der Waals surface area contributed by atoms with Crippen molar-refractivity contribution < 1.29 is 8.95 Å². The van der Waals surface area contributed by atoms with Gasteiger partial charge in [0.2, 0.25) is 0 Å². The van der Waals surface area contributed by atoms with Crippen molar-refractivity contribution in [1.82, 2.24) is 14.1 Å². The molecule has 2 aromatic rings. The Labute approximate surface area is 171 Å². The van der Waals surface area contributed by atoms with E-state index in [1.165, 1.54) is 0 Å². The fourth-order valence-corrected chi connectivity index (χ4v) is 7.24. The van der Waals surface area contributed by atoms with Gasteiger partial charge in [-0.3, -0.25) is 0 Å². The number of ether oxygens (including phenoxy) is 1. The van der Waals surface area contributed by atoms with Crippen LogP contribution in [0.25, 0.3) is 5.69 Å². The third-order valence-corrected chi connectivity index (χ3v) is 9.15. The number of unbranched alkanes of at least 4 members (excludes halogenated alkanes) is 1. The van der Waals surface area contributed by atoms with Crippen LogP contribution in [0.3, 0.4) is 0 Å². The van der Waals surface area contributed by atoms with E-state index in [-0.39, 0.29) is 6.04 Å². The second kappa shape index (κ2) is 6.83. The van der Waals surface area contributed by atoms with Crippen LogP contribution >= 0.6 is 0 Å². The van der Waals surface area contributed by atoms with Gasteiger partial charge < -0.3 is 0 Å². The number of fused-ring (bicyclic) bond motifs is 4. The first-order chi connectivity index (χ1) is 12.4. The van der Waals surface area contributed by atoms with Gasteiger partial charge >= 0.3 is 172 Å². The number of nitrogens with zero attached hydrogens (tertiary/aromatic N) is 4. The Kier molecular flexibility index (Phi) is 4.81. The molecule has 0 fully saturated rings. The maximum absolute atomic E-state index is 13.8. The monoisotopic (exact) mass is 567 g/mol. The van der Waals surface area contributed by atoms with Crippen LogP contribution in [0.2, 0.25) is 0 Å². The van der Waals surface area contributed by atoms with E-state index in [0.717, 1.165) is 79.6 Å². The molecule has 3 radical (unpaired) electrons. The summed E-state index contributed by atoms with van der Waals surface area (Å²) in [6.07, 6.45) is 5.08. The Balaban J connectivity index is 1.86. The zero-order chi connectivity index (χ0) is 18.5. The number of rotatable bonds is 3. The van der Waals surface area contributed by atoms with E-state index in [4.69, 9.17) is 4.74 Å². The zero-order valence-electron chi connectivity index (χ0n) is 15.1. The summed E-state index contributed by atoms with van der Waals surface area (Å²) >= 11 is 0.857. The van der Waals surface area contributed by atoms with E-state index in [2.05, 4.69) is 20.6 Å². The molecule has 4 rings (SSSR count). The van der Waals surface area contributed by atoms with Gasteiger partial charge in [0.15, 0.2) is 0 Å². The Morgan fingerprint density at radius 3 is 3.00 bits per heavy atom. The molecule has 1 unspecified atom stereocenters. The first-order valence-corrected chi connectivity index (χ1v) is 12.3. The van der Waals surface area contributed by atoms with Gasteiger partial charge in [0.1, 0.15) is 0 Å². The second-order valence-electron chi connectivity index (χ2n) is 6.90. The van der Waals surface area contributed by atoms with Gasteiger partial charge in [0.05, 0.1) is 0 Å². The third kappa shape index (κ3) is 2.88. The normalized spacial score (nSPS) is 25.0. The molecule has 0 bridgehead atoms. The molecule has 0 N–H and O–H groups in total. The molecule has 2 aliphatic rings. The van der Waals surface area contributed by atoms with Crippen molar-refractivity contribution in [3.8, 4) is 11.4 Å². The summed E-state index contributed by atoms with van der Waals surface area (Å²) in [5, 5.41) is 4.42. The molecule has 3 heterocycles. The Hall–Kier alpha value is -1.07. The van der Waals surface area contributed by atoms with Gasteiger partial charge in [-0.25, -0.2) is 0 Å². The van der Waals surface area contributed by atoms with Gasteiger partial charge in [0.25, 0.3) is 0 Å².